The Balaban J connectivity index is 2.29. The van der Waals surface area contributed by atoms with Crippen molar-refractivity contribution in [1.29, 1.82) is 0 Å². The Kier molecular flexibility index (Phi) is 4.80. The van der Waals surface area contributed by atoms with E-state index in [1.165, 1.54) is 12.8 Å². The van der Waals surface area contributed by atoms with Gasteiger partial charge in [0.05, 0.1) is 5.75 Å². The molecule has 0 N–H and O–H groups in total. The van der Waals surface area contributed by atoms with E-state index in [1.54, 1.807) is 11.8 Å². The minimum absolute atomic E-state index is 0.242. The van der Waals surface area contributed by atoms with Crippen molar-refractivity contribution in [1.82, 2.24) is 4.57 Å². The van der Waals surface area contributed by atoms with Gasteiger partial charge in [-0.05, 0) is 18.2 Å². The summed E-state index contributed by atoms with van der Waals surface area (Å²) in [6.45, 7) is 2.17. The Hall–Kier alpha value is -0.700. The lowest BCUT2D eigenvalue weighted by Crippen LogP contribution is -2.01. The number of nitrogens with zero attached hydrogens (tertiary/aromatic N) is 1. The second kappa shape index (κ2) is 5.91. The van der Waals surface area contributed by atoms with Crippen LogP contribution in [-0.2, 0) is 7.05 Å². The van der Waals surface area contributed by atoms with Gasteiger partial charge in [0.2, 0.25) is 0 Å². The zero-order chi connectivity index (χ0) is 10.4. The molecule has 0 saturated carbocycles. The van der Waals surface area contributed by atoms with E-state index in [0.717, 1.165) is 11.3 Å². The van der Waals surface area contributed by atoms with Gasteiger partial charge in [-0.15, -0.1) is 0 Å². The Labute approximate surface area is 89.7 Å². The predicted octanol–water partition coefficient (Wildman–Crippen LogP) is 2.74. The molecule has 78 valence electrons. The highest BCUT2D eigenvalue weighted by molar-refractivity contribution is 7.99. The van der Waals surface area contributed by atoms with Crippen molar-refractivity contribution >= 4 is 17.5 Å². The summed E-state index contributed by atoms with van der Waals surface area (Å²) in [5, 5.41) is 0. The lowest BCUT2D eigenvalue weighted by Gasteiger charge is -1.98. The number of aromatic nitrogens is 1. The topological polar surface area (TPSA) is 22.0 Å². The van der Waals surface area contributed by atoms with Crippen LogP contribution >= 0.6 is 11.8 Å². The van der Waals surface area contributed by atoms with Crippen LogP contribution in [0.25, 0.3) is 0 Å². The van der Waals surface area contributed by atoms with Crippen molar-refractivity contribution in [2.45, 2.75) is 19.8 Å². The van der Waals surface area contributed by atoms with E-state index in [1.807, 2.05) is 30.1 Å². The number of ketones is 1. The third kappa shape index (κ3) is 3.58. The number of hydrogen-bond donors (Lipinski definition) is 0. The minimum atomic E-state index is 0.242. The van der Waals surface area contributed by atoms with Gasteiger partial charge >= 0.3 is 0 Å². The number of Topliss-reactive ketones (excluding diaryl/α,β-unsaturated/α-hetero) is 1. The molecule has 14 heavy (non-hydrogen) atoms. The molecule has 0 radical (unpaired) electrons. The van der Waals surface area contributed by atoms with Crippen LogP contribution in [0.2, 0.25) is 0 Å². The van der Waals surface area contributed by atoms with Crippen LogP contribution in [0, 0.1) is 0 Å². The van der Waals surface area contributed by atoms with Crippen molar-refractivity contribution in [3.05, 3.63) is 24.0 Å². The van der Waals surface area contributed by atoms with E-state index in [0.29, 0.717) is 5.75 Å². The first kappa shape index (κ1) is 11.4. The molecule has 0 aliphatic rings. The number of rotatable bonds is 6. The summed E-state index contributed by atoms with van der Waals surface area (Å²) in [5.74, 6) is 1.95. The second-order valence-corrected chi connectivity index (χ2v) is 4.50. The maximum atomic E-state index is 11.6. The molecule has 0 aliphatic heterocycles. The minimum Gasteiger partial charge on any atom is -0.357 e. The molecular formula is C11H17NOS. The first-order chi connectivity index (χ1) is 6.74. The zero-order valence-corrected chi connectivity index (χ0v) is 9.64. The largest absolute Gasteiger partial charge is 0.357 e. The SMILES string of the molecule is CCCCSCC(=O)c1ccn(C)c1. The normalized spacial score (nSPS) is 10.4. The summed E-state index contributed by atoms with van der Waals surface area (Å²) >= 11 is 1.73. The fourth-order valence-corrected chi connectivity index (χ4v) is 2.15. The molecule has 0 amide bonds. The fourth-order valence-electron chi connectivity index (χ4n) is 1.16. The average molecular weight is 211 g/mol. The van der Waals surface area contributed by atoms with Crippen molar-refractivity contribution in [3.8, 4) is 0 Å². The van der Waals surface area contributed by atoms with E-state index in [9.17, 15) is 4.79 Å². The first-order valence-corrected chi connectivity index (χ1v) is 6.12. The van der Waals surface area contributed by atoms with Crippen molar-refractivity contribution < 1.29 is 4.79 Å². The number of hydrogen-bond acceptors (Lipinski definition) is 2. The third-order valence-corrected chi connectivity index (χ3v) is 3.07. The molecule has 0 unspecified atom stereocenters. The van der Waals surface area contributed by atoms with Crippen LogP contribution in [-0.4, -0.2) is 21.9 Å². The van der Waals surface area contributed by atoms with E-state index < -0.39 is 0 Å². The van der Waals surface area contributed by atoms with Gasteiger partial charge in [0.25, 0.3) is 0 Å². The molecule has 0 aromatic carbocycles. The molecule has 1 aromatic heterocycles. The van der Waals surface area contributed by atoms with Crippen LogP contribution in [0.3, 0.4) is 0 Å². The summed E-state index contributed by atoms with van der Waals surface area (Å²) in [6, 6.07) is 1.88. The Bertz CT molecular complexity index is 293. The molecule has 0 spiro atoms. The van der Waals surface area contributed by atoms with Crippen LogP contribution in [0.15, 0.2) is 18.5 Å². The molecule has 2 nitrogen and oxygen atoms in total. The summed E-state index contributed by atoms with van der Waals surface area (Å²) in [5.41, 5.74) is 0.830. The molecule has 1 heterocycles. The van der Waals surface area contributed by atoms with Crippen molar-refractivity contribution in [3.63, 3.8) is 0 Å². The van der Waals surface area contributed by atoms with Gasteiger partial charge in [-0.25, -0.2) is 0 Å². The molecule has 3 heteroatoms. The number of carbonyl (C=O) groups is 1. The van der Waals surface area contributed by atoms with Crippen LogP contribution in [0.1, 0.15) is 30.1 Å². The predicted molar refractivity (Wildman–Crippen MR) is 62.0 cm³/mol. The zero-order valence-electron chi connectivity index (χ0n) is 8.82. The van der Waals surface area contributed by atoms with Gasteiger partial charge in [-0.1, -0.05) is 13.3 Å². The number of unbranched alkanes of at least 4 members (excludes halogenated alkanes) is 1. The van der Waals surface area contributed by atoms with E-state index >= 15 is 0 Å². The Morgan fingerprint density at radius 1 is 1.57 bits per heavy atom. The van der Waals surface area contributed by atoms with Crippen molar-refractivity contribution in [2.24, 2.45) is 7.05 Å². The second-order valence-electron chi connectivity index (χ2n) is 3.39. The average Bonchev–Trinajstić information content (AvgIpc) is 2.59. The summed E-state index contributed by atoms with van der Waals surface area (Å²) in [6.07, 6.45) is 6.19. The molecule has 0 atom stereocenters. The van der Waals surface area contributed by atoms with Gasteiger partial charge in [-0.3, -0.25) is 4.79 Å². The molecular weight excluding hydrogens is 194 g/mol. The standard InChI is InChI=1S/C11H17NOS/c1-3-4-7-14-9-11(13)10-5-6-12(2)8-10/h5-6,8H,3-4,7,9H2,1-2H3. The van der Waals surface area contributed by atoms with Crippen LogP contribution in [0.4, 0.5) is 0 Å². The quantitative estimate of drug-likeness (QED) is 0.533. The Morgan fingerprint density at radius 3 is 2.93 bits per heavy atom. The molecule has 0 saturated heterocycles. The van der Waals surface area contributed by atoms with Gasteiger partial charge in [0, 0.05) is 25.0 Å². The van der Waals surface area contributed by atoms with Gasteiger partial charge in [0.1, 0.15) is 0 Å². The number of aryl methyl sites for hydroxylation is 1. The smallest absolute Gasteiger partial charge is 0.174 e. The highest BCUT2D eigenvalue weighted by atomic mass is 32.2. The lowest BCUT2D eigenvalue weighted by atomic mass is 10.2. The summed E-state index contributed by atoms with van der Waals surface area (Å²) < 4.78 is 1.91. The highest BCUT2D eigenvalue weighted by Crippen LogP contribution is 2.09. The van der Waals surface area contributed by atoms with E-state index in [2.05, 4.69) is 6.92 Å². The molecule has 0 bridgehead atoms. The summed E-state index contributed by atoms with van der Waals surface area (Å²) in [4.78, 5) is 11.6. The monoisotopic (exact) mass is 211 g/mol. The maximum Gasteiger partial charge on any atom is 0.174 e. The first-order valence-electron chi connectivity index (χ1n) is 4.97. The van der Waals surface area contributed by atoms with Gasteiger partial charge in [0.15, 0.2) is 5.78 Å². The fraction of sp³-hybridized carbons (Fsp3) is 0.545. The molecule has 0 fully saturated rings. The molecule has 1 aromatic rings. The number of thioether (sulfide) groups is 1. The van der Waals surface area contributed by atoms with Crippen molar-refractivity contribution in [2.75, 3.05) is 11.5 Å². The lowest BCUT2D eigenvalue weighted by molar-refractivity contribution is 0.102. The van der Waals surface area contributed by atoms with E-state index in [-0.39, 0.29) is 5.78 Å². The summed E-state index contributed by atoms with van der Waals surface area (Å²) in [7, 11) is 1.93. The van der Waals surface area contributed by atoms with Crippen LogP contribution in [0.5, 0.6) is 0 Å². The maximum absolute atomic E-state index is 11.6. The van der Waals surface area contributed by atoms with E-state index in [4.69, 9.17) is 0 Å². The van der Waals surface area contributed by atoms with Gasteiger partial charge in [-0.2, -0.15) is 11.8 Å². The number of carbonyl (C=O) groups excluding carboxylic acids is 1. The Morgan fingerprint density at radius 2 is 2.36 bits per heavy atom. The van der Waals surface area contributed by atoms with Crippen LogP contribution < -0.4 is 0 Å². The molecule has 1 rings (SSSR count). The highest BCUT2D eigenvalue weighted by Gasteiger charge is 2.05. The van der Waals surface area contributed by atoms with Gasteiger partial charge < -0.3 is 4.57 Å². The third-order valence-electron chi connectivity index (χ3n) is 2.03. The molecule has 0 aliphatic carbocycles.